The van der Waals surface area contributed by atoms with Crippen LogP contribution in [0.25, 0.3) is 0 Å². The number of benzene rings is 1. The van der Waals surface area contributed by atoms with E-state index in [0.29, 0.717) is 19.3 Å². The van der Waals surface area contributed by atoms with Gasteiger partial charge in [0.2, 0.25) is 5.91 Å². The molecule has 0 aliphatic carbocycles. The Morgan fingerprint density at radius 3 is 2.46 bits per heavy atom. The van der Waals surface area contributed by atoms with Gasteiger partial charge in [-0.2, -0.15) is 18.2 Å². The Kier molecular flexibility index (Phi) is 6.34. The van der Waals surface area contributed by atoms with Gasteiger partial charge in [-0.25, -0.2) is 0 Å². The molecule has 24 heavy (non-hydrogen) atoms. The first-order valence-corrected chi connectivity index (χ1v) is 7.70. The predicted octanol–water partition coefficient (Wildman–Crippen LogP) is 4.22. The van der Waals surface area contributed by atoms with Gasteiger partial charge in [0.1, 0.15) is 0 Å². The number of nitrogens with zero attached hydrogens (tertiary/aromatic N) is 2. The summed E-state index contributed by atoms with van der Waals surface area (Å²) >= 11 is 0. The van der Waals surface area contributed by atoms with Crippen molar-refractivity contribution in [1.29, 1.82) is 0 Å². The number of hydrogen-bond acceptors (Lipinski definition) is 4. The molecule has 1 N–H and O–H groups in total. The van der Waals surface area contributed by atoms with Crippen LogP contribution in [-0.2, 0) is 17.4 Å². The van der Waals surface area contributed by atoms with Crippen LogP contribution in [0.4, 0.5) is 18.9 Å². The molecule has 0 bridgehead atoms. The molecule has 1 heterocycles. The second kappa shape index (κ2) is 8.47. The van der Waals surface area contributed by atoms with Crippen molar-refractivity contribution in [2.45, 2.75) is 44.7 Å². The quantitative estimate of drug-likeness (QED) is 0.730. The minimum Gasteiger partial charge on any atom is -0.329 e. The van der Waals surface area contributed by atoms with Gasteiger partial charge in [0, 0.05) is 18.5 Å². The Labute approximate surface area is 137 Å². The van der Waals surface area contributed by atoms with E-state index in [4.69, 9.17) is 0 Å². The summed E-state index contributed by atoms with van der Waals surface area (Å²) in [6, 6.07) is 9.20. The molecule has 1 amide bonds. The van der Waals surface area contributed by atoms with Crippen molar-refractivity contribution in [3.63, 3.8) is 0 Å². The normalized spacial score (nSPS) is 11.5. The summed E-state index contributed by atoms with van der Waals surface area (Å²) < 4.78 is 41.0. The van der Waals surface area contributed by atoms with Gasteiger partial charge in [0.25, 0.3) is 0 Å². The van der Waals surface area contributed by atoms with Gasteiger partial charge in [-0.05, 0) is 25.0 Å². The van der Waals surface area contributed by atoms with Crippen LogP contribution in [0, 0.1) is 0 Å². The minimum atomic E-state index is -4.60. The second-order valence-corrected chi connectivity index (χ2v) is 5.34. The molecule has 0 saturated carbocycles. The summed E-state index contributed by atoms with van der Waals surface area (Å²) in [4.78, 5) is 15.0. The van der Waals surface area contributed by atoms with E-state index >= 15 is 0 Å². The third-order valence-corrected chi connectivity index (χ3v) is 3.32. The van der Waals surface area contributed by atoms with Crippen molar-refractivity contribution in [1.82, 2.24) is 10.1 Å². The Hall–Kier alpha value is -2.38. The third kappa shape index (κ3) is 6.02. The third-order valence-electron chi connectivity index (χ3n) is 3.32. The lowest BCUT2D eigenvalue weighted by Crippen LogP contribution is -2.10. The highest BCUT2D eigenvalue weighted by molar-refractivity contribution is 5.90. The van der Waals surface area contributed by atoms with E-state index in [1.54, 1.807) is 0 Å². The highest BCUT2D eigenvalue weighted by Gasteiger charge is 2.38. The number of carbonyl (C=O) groups excluding carboxylic acids is 1. The molecular weight excluding hydrogens is 323 g/mol. The van der Waals surface area contributed by atoms with Gasteiger partial charge in [-0.15, -0.1) is 0 Å². The molecule has 2 rings (SSSR count). The second-order valence-electron chi connectivity index (χ2n) is 5.34. The predicted molar refractivity (Wildman–Crippen MR) is 81.2 cm³/mol. The average Bonchev–Trinajstić information content (AvgIpc) is 3.01. The Balaban J connectivity index is 1.57. The average molecular weight is 341 g/mol. The lowest BCUT2D eigenvalue weighted by atomic mass is 10.1. The van der Waals surface area contributed by atoms with Gasteiger partial charge < -0.3 is 9.84 Å². The molecule has 5 nitrogen and oxygen atoms in total. The minimum absolute atomic E-state index is 0.0470. The zero-order chi connectivity index (χ0) is 17.4. The number of carbonyl (C=O) groups is 1. The van der Waals surface area contributed by atoms with Gasteiger partial charge in [-0.1, -0.05) is 36.2 Å². The van der Waals surface area contributed by atoms with E-state index in [9.17, 15) is 18.0 Å². The van der Waals surface area contributed by atoms with E-state index in [0.717, 1.165) is 24.9 Å². The molecule has 130 valence electrons. The maximum atomic E-state index is 12.3. The van der Waals surface area contributed by atoms with Crippen molar-refractivity contribution in [2.75, 3.05) is 5.32 Å². The van der Waals surface area contributed by atoms with Gasteiger partial charge in [0.05, 0.1) is 0 Å². The molecule has 0 radical (unpaired) electrons. The first-order chi connectivity index (χ1) is 11.4. The Morgan fingerprint density at radius 1 is 1.08 bits per heavy atom. The molecule has 0 fully saturated rings. The Morgan fingerprint density at radius 2 is 1.79 bits per heavy atom. The maximum Gasteiger partial charge on any atom is 0.471 e. The SMILES string of the molecule is O=C(CCCCCCc1noc(C(F)(F)F)n1)Nc1ccccc1. The molecule has 0 unspecified atom stereocenters. The number of alkyl halides is 3. The molecule has 1 aromatic heterocycles. The van der Waals surface area contributed by atoms with Crippen molar-refractivity contribution >= 4 is 11.6 Å². The number of aromatic nitrogens is 2. The first kappa shape index (κ1) is 18.0. The number of para-hydroxylation sites is 1. The van der Waals surface area contributed by atoms with Crippen LogP contribution < -0.4 is 5.32 Å². The number of anilines is 1. The summed E-state index contributed by atoms with van der Waals surface area (Å²) in [6.07, 6.45) is -0.890. The number of halogens is 3. The monoisotopic (exact) mass is 341 g/mol. The summed E-state index contributed by atoms with van der Waals surface area (Å²) in [5, 5.41) is 6.10. The van der Waals surface area contributed by atoms with Crippen LogP contribution in [-0.4, -0.2) is 16.0 Å². The van der Waals surface area contributed by atoms with Crippen molar-refractivity contribution in [2.24, 2.45) is 0 Å². The molecule has 0 saturated heterocycles. The number of unbranched alkanes of at least 4 members (excludes halogenated alkanes) is 3. The van der Waals surface area contributed by atoms with Crippen LogP contribution in [0.1, 0.15) is 43.8 Å². The van der Waals surface area contributed by atoms with E-state index in [-0.39, 0.29) is 11.7 Å². The first-order valence-electron chi connectivity index (χ1n) is 7.70. The van der Waals surface area contributed by atoms with E-state index in [1.807, 2.05) is 30.3 Å². The summed E-state index contributed by atoms with van der Waals surface area (Å²) in [7, 11) is 0. The lowest BCUT2D eigenvalue weighted by molar-refractivity contribution is -0.159. The largest absolute Gasteiger partial charge is 0.471 e. The van der Waals surface area contributed by atoms with Crippen molar-refractivity contribution in [3.8, 4) is 0 Å². The molecular formula is C16H18F3N3O2. The highest BCUT2D eigenvalue weighted by atomic mass is 19.4. The van der Waals surface area contributed by atoms with Crippen LogP contribution in [0.3, 0.4) is 0 Å². The van der Waals surface area contributed by atoms with Crippen LogP contribution in [0.2, 0.25) is 0 Å². The summed E-state index contributed by atoms with van der Waals surface area (Å²) in [6.45, 7) is 0. The Bertz CT molecular complexity index is 642. The standard InChI is InChI=1S/C16H18F3N3O2/c17-16(18,19)15-21-13(22-24-15)10-6-1-2-7-11-14(23)20-12-8-4-3-5-9-12/h3-5,8-9H,1-2,6-7,10-11H2,(H,20,23). The fourth-order valence-corrected chi connectivity index (χ4v) is 2.14. The van der Waals surface area contributed by atoms with Gasteiger partial charge in [-0.3, -0.25) is 4.79 Å². The van der Waals surface area contributed by atoms with Crippen LogP contribution in [0.15, 0.2) is 34.9 Å². The van der Waals surface area contributed by atoms with Crippen LogP contribution >= 0.6 is 0 Å². The van der Waals surface area contributed by atoms with Gasteiger partial charge in [0.15, 0.2) is 5.82 Å². The highest BCUT2D eigenvalue weighted by Crippen LogP contribution is 2.27. The lowest BCUT2D eigenvalue weighted by Gasteiger charge is -2.04. The number of hydrogen-bond donors (Lipinski definition) is 1. The van der Waals surface area contributed by atoms with Crippen LogP contribution in [0.5, 0.6) is 0 Å². The smallest absolute Gasteiger partial charge is 0.329 e. The molecule has 8 heteroatoms. The summed E-state index contributed by atoms with van der Waals surface area (Å²) in [5.41, 5.74) is 0.764. The number of nitrogens with one attached hydrogen (secondary N) is 1. The maximum absolute atomic E-state index is 12.3. The molecule has 0 spiro atoms. The number of aryl methyl sites for hydroxylation is 1. The van der Waals surface area contributed by atoms with E-state index < -0.39 is 12.1 Å². The molecule has 1 aromatic carbocycles. The number of amides is 1. The van der Waals surface area contributed by atoms with Gasteiger partial charge >= 0.3 is 12.1 Å². The molecule has 2 aromatic rings. The van der Waals surface area contributed by atoms with Crippen molar-refractivity contribution in [3.05, 3.63) is 42.0 Å². The van der Waals surface area contributed by atoms with E-state index in [1.165, 1.54) is 0 Å². The molecule has 0 atom stereocenters. The van der Waals surface area contributed by atoms with Crippen molar-refractivity contribution < 1.29 is 22.5 Å². The van der Waals surface area contributed by atoms with E-state index in [2.05, 4.69) is 20.0 Å². The summed E-state index contributed by atoms with van der Waals surface area (Å²) in [5.74, 6) is -1.30. The number of rotatable bonds is 8. The zero-order valence-corrected chi connectivity index (χ0v) is 13.0. The fraction of sp³-hybridized carbons (Fsp3) is 0.438. The molecule has 0 aliphatic rings. The topological polar surface area (TPSA) is 68.0 Å². The molecule has 0 aliphatic heterocycles. The fourth-order valence-electron chi connectivity index (χ4n) is 2.14. The zero-order valence-electron chi connectivity index (χ0n) is 13.0.